The van der Waals surface area contributed by atoms with E-state index < -0.39 is 5.41 Å². The van der Waals surface area contributed by atoms with Crippen LogP contribution in [0.3, 0.4) is 0 Å². The van der Waals surface area contributed by atoms with Crippen molar-refractivity contribution >= 4 is 44.8 Å². The van der Waals surface area contributed by atoms with E-state index in [9.17, 15) is 0 Å². The Morgan fingerprint density at radius 1 is 0.439 bits per heavy atom. The highest BCUT2D eigenvalue weighted by atomic mass is 15.1. The van der Waals surface area contributed by atoms with E-state index in [-0.39, 0.29) is 0 Å². The first-order valence-electron chi connectivity index (χ1n) is 20.0. The maximum atomic E-state index is 2.55. The molecule has 8 aromatic carbocycles. The van der Waals surface area contributed by atoms with E-state index in [0.29, 0.717) is 0 Å². The van der Waals surface area contributed by atoms with Crippen molar-refractivity contribution in [2.45, 2.75) is 18.4 Å². The van der Waals surface area contributed by atoms with Gasteiger partial charge in [0, 0.05) is 40.4 Å². The summed E-state index contributed by atoms with van der Waals surface area (Å²) in [6, 6.07) is 71.3. The molecule has 3 aliphatic carbocycles. The van der Waals surface area contributed by atoms with E-state index in [0.717, 1.165) is 30.0 Å². The van der Waals surface area contributed by atoms with Crippen molar-refractivity contribution in [3.63, 3.8) is 0 Å². The molecule has 2 nitrogen and oxygen atoms in total. The molecule has 0 amide bonds. The first-order valence-corrected chi connectivity index (χ1v) is 20.0. The molecule has 0 aliphatic heterocycles. The number of benzene rings is 8. The molecule has 2 heteroatoms. The summed E-state index contributed by atoms with van der Waals surface area (Å²) in [5.41, 5.74) is 17.1. The Labute approximate surface area is 334 Å². The van der Waals surface area contributed by atoms with Gasteiger partial charge in [-0.25, -0.2) is 0 Å². The van der Waals surface area contributed by atoms with E-state index in [1.807, 2.05) is 0 Å². The molecule has 270 valence electrons. The molecule has 0 saturated heterocycles. The van der Waals surface area contributed by atoms with Crippen LogP contribution in [-0.4, -0.2) is 0 Å². The highest BCUT2D eigenvalue weighted by Crippen LogP contribution is 2.65. The van der Waals surface area contributed by atoms with E-state index in [1.165, 1.54) is 72.2 Å². The predicted octanol–water partition coefficient (Wildman–Crippen LogP) is 14.2. The lowest BCUT2D eigenvalue weighted by Gasteiger charge is -2.34. The summed E-state index contributed by atoms with van der Waals surface area (Å²) in [4.78, 5) is 4.92. The van der Waals surface area contributed by atoms with Crippen LogP contribution in [0.4, 0.5) is 28.4 Å². The number of anilines is 5. The second-order valence-electron chi connectivity index (χ2n) is 15.2. The Morgan fingerprint density at radius 3 is 1.75 bits per heavy atom. The van der Waals surface area contributed by atoms with Crippen molar-refractivity contribution < 1.29 is 0 Å². The lowest BCUT2D eigenvalue weighted by molar-refractivity contribution is 0.785. The van der Waals surface area contributed by atoms with Gasteiger partial charge < -0.3 is 9.80 Å². The fourth-order valence-electron chi connectivity index (χ4n) is 9.76. The lowest BCUT2D eigenvalue weighted by atomic mass is 9.69. The fraction of sp³-hybridized carbons (Fsp3) is 0.0545. The summed E-state index contributed by atoms with van der Waals surface area (Å²) in [5, 5.41) is 2.52. The van der Waals surface area contributed by atoms with E-state index >= 15 is 0 Å². The van der Waals surface area contributed by atoms with Crippen LogP contribution >= 0.6 is 0 Å². The molecule has 11 rings (SSSR count). The van der Waals surface area contributed by atoms with Gasteiger partial charge in [-0.1, -0.05) is 164 Å². The Kier molecular flexibility index (Phi) is 7.89. The molecule has 1 atom stereocenters. The zero-order chi connectivity index (χ0) is 37.8. The van der Waals surface area contributed by atoms with Gasteiger partial charge in [0.25, 0.3) is 0 Å². The zero-order valence-electron chi connectivity index (χ0n) is 31.6. The van der Waals surface area contributed by atoms with Crippen LogP contribution in [-0.2, 0) is 12.0 Å². The predicted molar refractivity (Wildman–Crippen MR) is 239 cm³/mol. The maximum Gasteiger partial charge on any atom is 0.0727 e. The Balaban J connectivity index is 1.25. The third-order valence-electron chi connectivity index (χ3n) is 12.1. The molecule has 1 unspecified atom stereocenters. The summed E-state index contributed by atoms with van der Waals surface area (Å²) in [7, 11) is 0. The van der Waals surface area contributed by atoms with Crippen LogP contribution in [0.5, 0.6) is 0 Å². The summed E-state index contributed by atoms with van der Waals surface area (Å²) in [6.45, 7) is 0.744. The number of fused-ring (bicyclic) bond motifs is 11. The monoisotopic (exact) mass is 728 g/mol. The van der Waals surface area contributed by atoms with Crippen molar-refractivity contribution in [1.29, 1.82) is 0 Å². The van der Waals surface area contributed by atoms with Crippen LogP contribution in [0.2, 0.25) is 0 Å². The van der Waals surface area contributed by atoms with Crippen molar-refractivity contribution in [1.82, 2.24) is 0 Å². The van der Waals surface area contributed by atoms with Gasteiger partial charge in [-0.15, -0.1) is 0 Å². The number of nitrogens with zero attached hydrogens (tertiary/aromatic N) is 2. The molecule has 0 saturated carbocycles. The average molecular weight is 729 g/mol. The molecule has 0 radical (unpaired) electrons. The molecular weight excluding hydrogens is 689 g/mol. The van der Waals surface area contributed by atoms with Crippen molar-refractivity contribution in [2.24, 2.45) is 0 Å². The molecule has 0 aromatic heterocycles. The molecule has 57 heavy (non-hydrogen) atoms. The molecule has 0 fully saturated rings. The maximum absolute atomic E-state index is 2.55. The highest BCUT2D eigenvalue weighted by molar-refractivity contribution is 6.12. The fourth-order valence-corrected chi connectivity index (χ4v) is 9.76. The van der Waals surface area contributed by atoms with E-state index in [1.54, 1.807) is 0 Å². The first-order chi connectivity index (χ1) is 28.3. The minimum Gasteiger partial charge on any atom is -0.336 e. The number of para-hydroxylation sites is 3. The minimum absolute atomic E-state index is 0.551. The van der Waals surface area contributed by atoms with Crippen molar-refractivity contribution in [2.75, 3.05) is 9.80 Å². The summed E-state index contributed by atoms with van der Waals surface area (Å²) in [5.74, 6) is 0. The molecule has 3 aliphatic rings. The van der Waals surface area contributed by atoms with Gasteiger partial charge in [-0.2, -0.15) is 0 Å². The average Bonchev–Trinajstić information content (AvgIpc) is 3.57. The van der Waals surface area contributed by atoms with E-state index in [4.69, 9.17) is 0 Å². The topological polar surface area (TPSA) is 6.48 Å². The summed E-state index contributed by atoms with van der Waals surface area (Å²) < 4.78 is 0. The number of hydrogen-bond acceptors (Lipinski definition) is 2. The summed E-state index contributed by atoms with van der Waals surface area (Å²) in [6.07, 6.45) is 10.4. The van der Waals surface area contributed by atoms with Crippen LogP contribution in [0.25, 0.3) is 27.5 Å². The van der Waals surface area contributed by atoms with Crippen LogP contribution in [0.15, 0.2) is 224 Å². The van der Waals surface area contributed by atoms with Gasteiger partial charge in [0.2, 0.25) is 0 Å². The van der Waals surface area contributed by atoms with Gasteiger partial charge >= 0.3 is 0 Å². The molecule has 0 N–H and O–H groups in total. The summed E-state index contributed by atoms with van der Waals surface area (Å²) >= 11 is 0. The van der Waals surface area contributed by atoms with Crippen LogP contribution in [0.1, 0.15) is 34.2 Å². The molecule has 1 spiro atoms. The van der Waals surface area contributed by atoms with Crippen LogP contribution < -0.4 is 9.80 Å². The van der Waals surface area contributed by atoms with Gasteiger partial charge in [0.1, 0.15) is 0 Å². The smallest absolute Gasteiger partial charge is 0.0727 e. The standard InChI is InChI=1S/C55H40N2/c1-6-20-39(21-7-1)38-56(40-22-8-2-9-23-40)53-37-52-54(47-31-17-16-30-46(47)53)48-35-34-43(57(41-24-10-3-11-25-41)42-26-12-4-13-27-42)36-51(48)55(52)49-32-15-5-14-28-44(49)45-29-18-19-33-50(45)55/h1-4,6-37H,5,38H2. The van der Waals surface area contributed by atoms with Crippen molar-refractivity contribution in [3.8, 4) is 11.1 Å². The van der Waals surface area contributed by atoms with Crippen LogP contribution in [0, 0.1) is 0 Å². The SMILES string of the molecule is C1=CC2=C(C=CC1)C1(c3ccccc32)c2cc(N(c3ccccc3)c3ccccc3)ccc2-c2c1cc(N(Cc1ccccc1)c1ccccc1)c1ccccc21. The second kappa shape index (κ2) is 13.5. The highest BCUT2D eigenvalue weighted by Gasteiger charge is 2.53. The van der Waals surface area contributed by atoms with Gasteiger partial charge in [0.15, 0.2) is 0 Å². The lowest BCUT2D eigenvalue weighted by Crippen LogP contribution is -2.28. The largest absolute Gasteiger partial charge is 0.336 e. The number of rotatable bonds is 7. The molecule has 0 heterocycles. The molecule has 8 aromatic rings. The Hall–Kier alpha value is -7.16. The van der Waals surface area contributed by atoms with Gasteiger partial charge in [0.05, 0.1) is 5.41 Å². The minimum atomic E-state index is -0.551. The number of hydrogen-bond donors (Lipinski definition) is 0. The number of allylic oxidation sites excluding steroid dienone is 6. The Bertz CT molecular complexity index is 2850. The van der Waals surface area contributed by atoms with E-state index in [2.05, 4.69) is 228 Å². The van der Waals surface area contributed by atoms with Gasteiger partial charge in [-0.3, -0.25) is 0 Å². The molecular formula is C55H40N2. The van der Waals surface area contributed by atoms with Gasteiger partial charge in [-0.05, 0) is 116 Å². The zero-order valence-corrected chi connectivity index (χ0v) is 31.6. The third kappa shape index (κ3) is 5.18. The molecule has 0 bridgehead atoms. The Morgan fingerprint density at radius 2 is 1.04 bits per heavy atom. The normalized spacial score (nSPS) is 15.9. The van der Waals surface area contributed by atoms with Crippen molar-refractivity contribution in [3.05, 3.63) is 252 Å². The quantitative estimate of drug-likeness (QED) is 0.161. The third-order valence-corrected chi connectivity index (χ3v) is 12.1. The first kappa shape index (κ1) is 33.2. The second-order valence-corrected chi connectivity index (χ2v) is 15.2.